The van der Waals surface area contributed by atoms with E-state index in [9.17, 15) is 0 Å². The van der Waals surface area contributed by atoms with E-state index in [0.717, 1.165) is 24.1 Å². The lowest BCUT2D eigenvalue weighted by Gasteiger charge is -2.04. The third-order valence-corrected chi connectivity index (χ3v) is 3.16. The molecule has 0 bridgehead atoms. The maximum atomic E-state index is 9.12. The molecule has 0 saturated heterocycles. The molecule has 0 spiro atoms. The Kier molecular flexibility index (Phi) is 4.23. The summed E-state index contributed by atoms with van der Waals surface area (Å²) in [6, 6.07) is 6.06. The van der Waals surface area contributed by atoms with E-state index in [1.54, 1.807) is 7.11 Å². The molecule has 0 aliphatic heterocycles. The highest BCUT2D eigenvalue weighted by Crippen LogP contribution is 2.26. The number of ether oxygens (including phenoxy) is 1. The normalized spacial score (nSPS) is 11.1. The number of rotatable bonds is 6. The summed E-state index contributed by atoms with van der Waals surface area (Å²) in [7, 11) is 1.66. The van der Waals surface area contributed by atoms with Crippen molar-refractivity contribution in [3.8, 4) is 5.75 Å². The van der Waals surface area contributed by atoms with Crippen LogP contribution in [0.4, 0.5) is 0 Å². The monoisotopic (exact) mass is 248 g/mol. The maximum Gasteiger partial charge on any atom is 0.120 e. The quantitative estimate of drug-likeness (QED) is 0.815. The van der Waals surface area contributed by atoms with E-state index in [4.69, 9.17) is 15.6 Å². The van der Waals surface area contributed by atoms with E-state index in [0.29, 0.717) is 13.1 Å². The predicted molar refractivity (Wildman–Crippen MR) is 73.0 cm³/mol. The Morgan fingerprint density at radius 1 is 1.39 bits per heavy atom. The van der Waals surface area contributed by atoms with Crippen molar-refractivity contribution in [3.05, 3.63) is 30.0 Å². The zero-order valence-electron chi connectivity index (χ0n) is 10.7. The van der Waals surface area contributed by atoms with E-state index in [-0.39, 0.29) is 6.61 Å². The number of aryl methyl sites for hydroxylation is 1. The number of aliphatic hydroxyl groups excluding tert-OH is 1. The van der Waals surface area contributed by atoms with Gasteiger partial charge in [0, 0.05) is 24.2 Å². The van der Waals surface area contributed by atoms with Crippen molar-refractivity contribution in [2.24, 2.45) is 5.73 Å². The van der Waals surface area contributed by atoms with Gasteiger partial charge in [0.2, 0.25) is 0 Å². The van der Waals surface area contributed by atoms with Crippen LogP contribution in [0.5, 0.6) is 5.75 Å². The first-order chi connectivity index (χ1) is 8.80. The van der Waals surface area contributed by atoms with Gasteiger partial charge in [-0.2, -0.15) is 0 Å². The molecule has 3 N–H and O–H groups in total. The highest BCUT2D eigenvalue weighted by molar-refractivity contribution is 5.85. The molecule has 4 nitrogen and oxygen atoms in total. The number of fused-ring (bicyclic) bond motifs is 1. The minimum Gasteiger partial charge on any atom is -0.497 e. The second-order valence-electron chi connectivity index (χ2n) is 4.35. The zero-order chi connectivity index (χ0) is 13.0. The third kappa shape index (κ3) is 2.49. The van der Waals surface area contributed by atoms with E-state index in [1.165, 1.54) is 10.9 Å². The molecule has 0 fully saturated rings. The molecule has 98 valence electrons. The average Bonchev–Trinajstić information content (AvgIpc) is 2.74. The van der Waals surface area contributed by atoms with Crippen molar-refractivity contribution < 1.29 is 9.84 Å². The van der Waals surface area contributed by atoms with Crippen molar-refractivity contribution in [1.29, 1.82) is 0 Å². The van der Waals surface area contributed by atoms with Gasteiger partial charge in [0.05, 0.1) is 19.2 Å². The van der Waals surface area contributed by atoms with Crippen molar-refractivity contribution >= 4 is 10.9 Å². The Balaban J connectivity index is 2.45. The number of nitrogens with zero attached hydrogens (tertiary/aromatic N) is 1. The molecule has 0 aliphatic rings. The van der Waals surface area contributed by atoms with Crippen molar-refractivity contribution in [2.45, 2.75) is 19.4 Å². The molecular formula is C14H20N2O2. The first-order valence-electron chi connectivity index (χ1n) is 6.27. The average molecular weight is 248 g/mol. The number of benzene rings is 1. The van der Waals surface area contributed by atoms with Crippen LogP contribution in [0.25, 0.3) is 10.9 Å². The number of aromatic nitrogens is 1. The van der Waals surface area contributed by atoms with Crippen molar-refractivity contribution in [3.63, 3.8) is 0 Å². The summed E-state index contributed by atoms with van der Waals surface area (Å²) < 4.78 is 7.32. The molecule has 0 unspecified atom stereocenters. The van der Waals surface area contributed by atoms with E-state index < -0.39 is 0 Å². The van der Waals surface area contributed by atoms with Crippen LogP contribution >= 0.6 is 0 Å². The van der Waals surface area contributed by atoms with E-state index >= 15 is 0 Å². The lowest BCUT2D eigenvalue weighted by atomic mass is 10.1. The lowest BCUT2D eigenvalue weighted by Crippen LogP contribution is -2.01. The molecule has 0 amide bonds. The molecule has 18 heavy (non-hydrogen) atoms. The summed E-state index contributed by atoms with van der Waals surface area (Å²) in [5.41, 5.74) is 7.96. The fraction of sp³-hybridized carbons (Fsp3) is 0.429. The van der Waals surface area contributed by atoms with Crippen LogP contribution < -0.4 is 10.5 Å². The second-order valence-corrected chi connectivity index (χ2v) is 4.35. The highest BCUT2D eigenvalue weighted by Gasteiger charge is 2.09. The standard InChI is InChI=1S/C14H20N2O2/c1-18-12-4-5-13-11(3-2-6-15)10-16(7-8-17)14(13)9-12/h4-5,9-10,17H,2-3,6-8,15H2,1H3. The second kappa shape index (κ2) is 5.89. The number of aliphatic hydroxyl groups is 1. The van der Waals surface area contributed by atoms with Crippen LogP contribution in [-0.2, 0) is 13.0 Å². The third-order valence-electron chi connectivity index (χ3n) is 3.16. The van der Waals surface area contributed by atoms with Crippen LogP contribution in [-0.4, -0.2) is 29.9 Å². The summed E-state index contributed by atoms with van der Waals surface area (Å²) >= 11 is 0. The van der Waals surface area contributed by atoms with Gasteiger partial charge in [0.1, 0.15) is 5.75 Å². The molecule has 0 atom stereocenters. The molecular weight excluding hydrogens is 228 g/mol. The molecule has 1 aromatic heterocycles. The van der Waals surface area contributed by atoms with Crippen LogP contribution in [0.15, 0.2) is 24.4 Å². The Bertz CT molecular complexity index is 520. The maximum absolute atomic E-state index is 9.12. The molecule has 2 rings (SSSR count). The minimum atomic E-state index is 0.136. The number of hydrogen-bond acceptors (Lipinski definition) is 3. The van der Waals surface area contributed by atoms with Crippen LogP contribution in [0.1, 0.15) is 12.0 Å². The topological polar surface area (TPSA) is 60.4 Å². The lowest BCUT2D eigenvalue weighted by molar-refractivity contribution is 0.278. The summed E-state index contributed by atoms with van der Waals surface area (Å²) in [5.74, 6) is 0.838. The smallest absolute Gasteiger partial charge is 0.120 e. The van der Waals surface area contributed by atoms with Gasteiger partial charge >= 0.3 is 0 Å². The van der Waals surface area contributed by atoms with Crippen LogP contribution in [0.3, 0.4) is 0 Å². The largest absolute Gasteiger partial charge is 0.497 e. The summed E-state index contributed by atoms with van der Waals surface area (Å²) in [6.45, 7) is 1.44. The van der Waals surface area contributed by atoms with Gasteiger partial charge in [-0.25, -0.2) is 0 Å². The highest BCUT2D eigenvalue weighted by atomic mass is 16.5. The van der Waals surface area contributed by atoms with E-state index in [2.05, 4.69) is 16.8 Å². The van der Waals surface area contributed by atoms with Gasteiger partial charge in [0.25, 0.3) is 0 Å². The van der Waals surface area contributed by atoms with Crippen molar-refractivity contribution in [1.82, 2.24) is 4.57 Å². The van der Waals surface area contributed by atoms with Gasteiger partial charge < -0.3 is 20.1 Å². The van der Waals surface area contributed by atoms with Crippen LogP contribution in [0.2, 0.25) is 0 Å². The minimum absolute atomic E-state index is 0.136. The number of nitrogens with two attached hydrogens (primary N) is 1. The van der Waals surface area contributed by atoms with Gasteiger partial charge in [-0.15, -0.1) is 0 Å². The SMILES string of the molecule is COc1ccc2c(CCCN)cn(CCO)c2c1. The summed E-state index contributed by atoms with van der Waals surface area (Å²) in [4.78, 5) is 0. The first kappa shape index (κ1) is 12.9. The fourth-order valence-corrected chi connectivity index (χ4v) is 2.26. The molecule has 0 saturated carbocycles. The van der Waals surface area contributed by atoms with Gasteiger partial charge in [0.15, 0.2) is 0 Å². The zero-order valence-corrected chi connectivity index (χ0v) is 10.7. The van der Waals surface area contributed by atoms with Crippen molar-refractivity contribution in [2.75, 3.05) is 20.3 Å². The molecule has 1 heterocycles. The van der Waals surface area contributed by atoms with Gasteiger partial charge in [-0.3, -0.25) is 0 Å². The molecule has 1 aromatic carbocycles. The first-order valence-corrected chi connectivity index (χ1v) is 6.27. The van der Waals surface area contributed by atoms with E-state index in [1.807, 2.05) is 12.1 Å². The van der Waals surface area contributed by atoms with Gasteiger partial charge in [-0.05, 0) is 37.1 Å². The number of methoxy groups -OCH3 is 1. The molecule has 4 heteroatoms. The molecule has 0 aliphatic carbocycles. The molecule has 0 radical (unpaired) electrons. The predicted octanol–water partition coefficient (Wildman–Crippen LogP) is 1.53. The summed E-state index contributed by atoms with van der Waals surface area (Å²) in [6.07, 6.45) is 4.05. The Labute approximate surface area is 107 Å². The van der Waals surface area contributed by atoms with Crippen LogP contribution in [0, 0.1) is 0 Å². The fourth-order valence-electron chi connectivity index (χ4n) is 2.26. The Morgan fingerprint density at radius 2 is 2.22 bits per heavy atom. The summed E-state index contributed by atoms with van der Waals surface area (Å²) in [5, 5.41) is 10.3. The Hall–Kier alpha value is -1.52. The molecule has 2 aromatic rings. The van der Waals surface area contributed by atoms with Gasteiger partial charge in [-0.1, -0.05) is 0 Å². The number of hydrogen-bond donors (Lipinski definition) is 2. The Morgan fingerprint density at radius 3 is 2.89 bits per heavy atom.